The van der Waals surface area contributed by atoms with Crippen LogP contribution in [0.5, 0.6) is 0 Å². The van der Waals surface area contributed by atoms with Crippen LogP contribution in [-0.2, 0) is 11.3 Å². The van der Waals surface area contributed by atoms with Gasteiger partial charge in [0.1, 0.15) is 6.61 Å². The SMILES string of the molecule is CCOCc1nnc2n1N=C1CCCCCCC1S2. The van der Waals surface area contributed by atoms with Gasteiger partial charge in [-0.15, -0.1) is 10.2 Å². The Morgan fingerprint density at radius 2 is 2.16 bits per heavy atom. The van der Waals surface area contributed by atoms with Crippen molar-refractivity contribution in [3.8, 4) is 0 Å². The van der Waals surface area contributed by atoms with E-state index in [1.807, 2.05) is 23.4 Å². The van der Waals surface area contributed by atoms with Crippen molar-refractivity contribution >= 4 is 17.5 Å². The summed E-state index contributed by atoms with van der Waals surface area (Å²) in [6.07, 6.45) is 7.58. The van der Waals surface area contributed by atoms with Crippen molar-refractivity contribution < 1.29 is 4.74 Å². The van der Waals surface area contributed by atoms with Gasteiger partial charge in [-0.05, 0) is 26.2 Å². The summed E-state index contributed by atoms with van der Waals surface area (Å²) in [5.74, 6) is 0.817. The molecule has 0 bridgehead atoms. The zero-order chi connectivity index (χ0) is 13.1. The minimum atomic E-state index is 0.492. The molecule has 1 fully saturated rings. The molecule has 2 heterocycles. The molecule has 6 heteroatoms. The van der Waals surface area contributed by atoms with Crippen LogP contribution in [0.3, 0.4) is 0 Å². The first-order chi connectivity index (χ1) is 9.38. The van der Waals surface area contributed by atoms with E-state index in [0.29, 0.717) is 18.5 Å². The minimum absolute atomic E-state index is 0.492. The standard InChI is InChI=1S/C13H20N4OS/c1-2-18-9-12-14-15-13-17(12)16-10-7-5-3-4-6-8-11(10)19-13/h11H,2-9H2,1H3. The lowest BCUT2D eigenvalue weighted by Crippen LogP contribution is -2.25. The van der Waals surface area contributed by atoms with Crippen LogP contribution in [-0.4, -0.2) is 32.4 Å². The summed E-state index contributed by atoms with van der Waals surface area (Å²) in [4.78, 5) is 0. The van der Waals surface area contributed by atoms with Crippen molar-refractivity contribution in [1.82, 2.24) is 14.9 Å². The van der Waals surface area contributed by atoms with Crippen molar-refractivity contribution in [3.05, 3.63) is 5.82 Å². The van der Waals surface area contributed by atoms with Crippen molar-refractivity contribution in [2.24, 2.45) is 5.10 Å². The fourth-order valence-corrected chi connectivity index (χ4v) is 3.74. The van der Waals surface area contributed by atoms with Gasteiger partial charge in [0.25, 0.3) is 0 Å². The fourth-order valence-electron chi connectivity index (χ4n) is 2.57. The van der Waals surface area contributed by atoms with Crippen molar-refractivity contribution in [1.29, 1.82) is 0 Å². The van der Waals surface area contributed by atoms with E-state index in [1.165, 1.54) is 37.8 Å². The third-order valence-electron chi connectivity index (χ3n) is 3.61. The number of nitrogens with zero attached hydrogens (tertiary/aromatic N) is 4. The summed E-state index contributed by atoms with van der Waals surface area (Å²) in [6, 6.07) is 0. The Labute approximate surface area is 117 Å². The molecule has 3 rings (SSSR count). The van der Waals surface area contributed by atoms with Crippen molar-refractivity contribution in [2.75, 3.05) is 6.61 Å². The molecular weight excluding hydrogens is 260 g/mol. The number of hydrogen-bond acceptors (Lipinski definition) is 5. The quantitative estimate of drug-likeness (QED) is 0.854. The molecule has 19 heavy (non-hydrogen) atoms. The van der Waals surface area contributed by atoms with Gasteiger partial charge in [0.15, 0.2) is 5.82 Å². The minimum Gasteiger partial charge on any atom is -0.374 e. The highest BCUT2D eigenvalue weighted by Gasteiger charge is 2.27. The fraction of sp³-hybridized carbons (Fsp3) is 0.769. The van der Waals surface area contributed by atoms with Crippen LogP contribution in [0.2, 0.25) is 0 Å². The Kier molecular flexibility index (Phi) is 4.18. The third kappa shape index (κ3) is 2.84. The van der Waals surface area contributed by atoms with Gasteiger partial charge in [0, 0.05) is 6.61 Å². The largest absolute Gasteiger partial charge is 0.374 e. The molecule has 1 aliphatic carbocycles. The molecule has 0 N–H and O–H groups in total. The number of rotatable bonds is 3. The van der Waals surface area contributed by atoms with Crippen LogP contribution >= 0.6 is 11.8 Å². The lowest BCUT2D eigenvalue weighted by atomic mass is 9.99. The van der Waals surface area contributed by atoms with E-state index in [0.717, 1.165) is 17.4 Å². The Morgan fingerprint density at radius 3 is 3.05 bits per heavy atom. The monoisotopic (exact) mass is 280 g/mol. The first kappa shape index (κ1) is 13.1. The molecule has 104 valence electrons. The summed E-state index contributed by atoms with van der Waals surface area (Å²) in [5.41, 5.74) is 1.31. The first-order valence-electron chi connectivity index (χ1n) is 7.15. The molecule has 5 nitrogen and oxygen atoms in total. The van der Waals surface area contributed by atoms with E-state index in [2.05, 4.69) is 10.2 Å². The molecule has 1 aliphatic heterocycles. The van der Waals surface area contributed by atoms with Gasteiger partial charge in [0.2, 0.25) is 5.16 Å². The van der Waals surface area contributed by atoms with Crippen LogP contribution in [0.1, 0.15) is 51.3 Å². The number of hydrogen-bond donors (Lipinski definition) is 0. The molecule has 1 saturated carbocycles. The normalized spacial score (nSPS) is 23.0. The van der Waals surface area contributed by atoms with Crippen molar-refractivity contribution in [3.63, 3.8) is 0 Å². The zero-order valence-corrected chi connectivity index (χ0v) is 12.2. The average Bonchev–Trinajstić information content (AvgIpc) is 2.78. The van der Waals surface area contributed by atoms with E-state index < -0.39 is 0 Å². The summed E-state index contributed by atoms with van der Waals surface area (Å²) >= 11 is 1.82. The molecule has 0 spiro atoms. The average molecular weight is 280 g/mol. The smallest absolute Gasteiger partial charge is 0.212 e. The molecule has 0 aromatic carbocycles. The van der Waals surface area contributed by atoms with Gasteiger partial charge >= 0.3 is 0 Å². The highest BCUT2D eigenvalue weighted by atomic mass is 32.2. The number of fused-ring (bicyclic) bond motifs is 2. The molecule has 1 aromatic rings. The third-order valence-corrected chi connectivity index (χ3v) is 4.87. The second-order valence-corrected chi connectivity index (χ2v) is 6.17. The maximum absolute atomic E-state index is 5.42. The second-order valence-electron chi connectivity index (χ2n) is 5.00. The van der Waals surface area contributed by atoms with E-state index in [9.17, 15) is 0 Å². The van der Waals surface area contributed by atoms with E-state index in [-0.39, 0.29) is 0 Å². The van der Waals surface area contributed by atoms with Crippen LogP contribution < -0.4 is 0 Å². The van der Waals surface area contributed by atoms with E-state index >= 15 is 0 Å². The first-order valence-corrected chi connectivity index (χ1v) is 8.03. The summed E-state index contributed by atoms with van der Waals surface area (Å²) < 4.78 is 7.31. The summed E-state index contributed by atoms with van der Waals surface area (Å²) in [6.45, 7) is 3.17. The topological polar surface area (TPSA) is 52.3 Å². The van der Waals surface area contributed by atoms with Crippen LogP contribution in [0.25, 0.3) is 0 Å². The lowest BCUT2D eigenvalue weighted by molar-refractivity contribution is 0.125. The lowest BCUT2D eigenvalue weighted by Gasteiger charge is -2.24. The molecule has 1 atom stereocenters. The summed E-state index contributed by atoms with van der Waals surface area (Å²) in [5, 5.41) is 14.7. The Hall–Kier alpha value is -0.880. The Balaban J connectivity index is 1.83. The highest BCUT2D eigenvalue weighted by molar-refractivity contribution is 8.00. The van der Waals surface area contributed by atoms with Gasteiger partial charge < -0.3 is 4.74 Å². The van der Waals surface area contributed by atoms with Crippen LogP contribution in [0, 0.1) is 0 Å². The van der Waals surface area contributed by atoms with Gasteiger partial charge in [0.05, 0.1) is 11.0 Å². The Morgan fingerprint density at radius 1 is 1.26 bits per heavy atom. The van der Waals surface area contributed by atoms with Crippen LogP contribution in [0.15, 0.2) is 10.3 Å². The van der Waals surface area contributed by atoms with Gasteiger partial charge in [-0.2, -0.15) is 9.78 Å². The predicted molar refractivity (Wildman–Crippen MR) is 75.5 cm³/mol. The molecule has 0 saturated heterocycles. The van der Waals surface area contributed by atoms with Gasteiger partial charge in [-0.3, -0.25) is 0 Å². The van der Waals surface area contributed by atoms with E-state index in [4.69, 9.17) is 9.84 Å². The number of aromatic nitrogens is 3. The number of thioether (sulfide) groups is 1. The molecule has 1 unspecified atom stereocenters. The Bertz CT molecular complexity index is 471. The molecule has 0 radical (unpaired) electrons. The second kappa shape index (κ2) is 6.05. The maximum atomic E-state index is 5.42. The van der Waals surface area contributed by atoms with Crippen LogP contribution in [0.4, 0.5) is 0 Å². The summed E-state index contributed by atoms with van der Waals surface area (Å²) in [7, 11) is 0. The maximum Gasteiger partial charge on any atom is 0.212 e. The molecular formula is C13H20N4OS. The van der Waals surface area contributed by atoms with E-state index in [1.54, 1.807) is 0 Å². The molecule has 1 aromatic heterocycles. The molecule has 0 amide bonds. The predicted octanol–water partition coefficient (Wildman–Crippen LogP) is 2.85. The van der Waals surface area contributed by atoms with Crippen molar-refractivity contribution in [2.45, 2.75) is 62.5 Å². The zero-order valence-electron chi connectivity index (χ0n) is 11.3. The van der Waals surface area contributed by atoms with Gasteiger partial charge in [-0.1, -0.05) is 31.0 Å². The molecule has 2 aliphatic rings. The van der Waals surface area contributed by atoms with Gasteiger partial charge in [-0.25, -0.2) is 0 Å². The number of ether oxygens (including phenoxy) is 1. The highest BCUT2D eigenvalue weighted by Crippen LogP contribution is 2.34.